The smallest absolute Gasteiger partial charge is 0.184 e. The maximum Gasteiger partial charge on any atom is 0.184 e. The first-order valence-electron chi connectivity index (χ1n) is 14.4. The second kappa shape index (κ2) is 17.6. The molecule has 4 bridgehead atoms. The van der Waals surface area contributed by atoms with Gasteiger partial charge in [-0.1, -0.05) is 46.4 Å². The van der Waals surface area contributed by atoms with E-state index in [-0.39, 0.29) is 17.1 Å². The van der Waals surface area contributed by atoms with Crippen molar-refractivity contribution >= 4 is 46.4 Å². The van der Waals surface area contributed by atoms with Crippen molar-refractivity contribution in [2.75, 3.05) is 146 Å². The molecule has 4 fully saturated rings. The Morgan fingerprint density at radius 2 is 0.795 bits per heavy atom. The Kier molecular flexibility index (Phi) is 16.5. The van der Waals surface area contributed by atoms with Gasteiger partial charge in [0.2, 0.25) is 0 Å². The summed E-state index contributed by atoms with van der Waals surface area (Å²) in [6.45, 7) is 18.6. The fraction of sp³-hybridized carbons (Fsp3) is 1.00. The molecule has 13 heteroatoms. The van der Waals surface area contributed by atoms with E-state index in [9.17, 15) is 0 Å². The third-order valence-corrected chi connectivity index (χ3v) is 10.0. The molecule has 1 radical (unpaired) electrons. The van der Waals surface area contributed by atoms with Gasteiger partial charge >= 0.3 is 0 Å². The molecule has 0 spiro atoms. The minimum Gasteiger partial charge on any atom is -0.305 e. The number of alkyl halides is 4. The Morgan fingerprint density at radius 1 is 0.410 bits per heavy atom. The number of fused-ring (bicyclic) bond motifs is 6. The van der Waals surface area contributed by atoms with Crippen LogP contribution in [0.1, 0.15) is 12.8 Å². The van der Waals surface area contributed by atoms with Crippen LogP contribution in [0.25, 0.3) is 0 Å². The SMILES string of the molecule is CN1CCCN2CCN(C)CCC(Cl)(Cl)N(CC1)CC2.CN1CCN2CCN(C)CC(Cl)(Cl)N(CC1)CC2.[Cu]. The molecule has 4 saturated heterocycles. The van der Waals surface area contributed by atoms with Gasteiger partial charge < -0.3 is 24.5 Å². The normalized spacial score (nSPS) is 34.5. The van der Waals surface area contributed by atoms with Gasteiger partial charge in [0.25, 0.3) is 0 Å². The summed E-state index contributed by atoms with van der Waals surface area (Å²) in [5, 5.41) is 0. The molecule has 4 rings (SSSR count). The molecule has 0 aromatic rings. The first kappa shape index (κ1) is 36.6. The van der Waals surface area contributed by atoms with Crippen molar-refractivity contribution in [3.63, 3.8) is 0 Å². The van der Waals surface area contributed by atoms with Crippen LogP contribution >= 0.6 is 46.4 Å². The molecule has 4 aliphatic heterocycles. The summed E-state index contributed by atoms with van der Waals surface area (Å²) < 4.78 is -1.51. The molecule has 39 heavy (non-hydrogen) atoms. The summed E-state index contributed by atoms with van der Waals surface area (Å²) in [5.74, 6) is 0. The van der Waals surface area contributed by atoms with Crippen LogP contribution in [0.5, 0.6) is 0 Å². The number of nitrogens with zero attached hydrogens (tertiary/aromatic N) is 8. The molecule has 0 aromatic carbocycles. The van der Waals surface area contributed by atoms with Gasteiger partial charge in [-0.05, 0) is 47.7 Å². The summed E-state index contributed by atoms with van der Waals surface area (Å²) in [4.78, 5) is 18.9. The molecule has 0 saturated carbocycles. The fourth-order valence-corrected chi connectivity index (χ4v) is 6.73. The van der Waals surface area contributed by atoms with Gasteiger partial charge in [0.1, 0.15) is 0 Å². The second-order valence-corrected chi connectivity index (χ2v) is 14.6. The molecule has 4 aliphatic rings. The van der Waals surface area contributed by atoms with Gasteiger partial charge in [0.15, 0.2) is 8.91 Å². The van der Waals surface area contributed by atoms with Crippen LogP contribution in [0.3, 0.4) is 0 Å². The quantitative estimate of drug-likeness (QED) is 0.218. The summed E-state index contributed by atoms with van der Waals surface area (Å²) in [6, 6.07) is 0. The largest absolute Gasteiger partial charge is 0.305 e. The Bertz CT molecular complexity index is 694. The molecule has 0 N–H and O–H groups in total. The van der Waals surface area contributed by atoms with E-state index >= 15 is 0 Å². The van der Waals surface area contributed by atoms with E-state index in [0.717, 1.165) is 111 Å². The van der Waals surface area contributed by atoms with E-state index in [4.69, 9.17) is 46.4 Å². The van der Waals surface area contributed by atoms with E-state index in [1.807, 2.05) is 0 Å². The van der Waals surface area contributed by atoms with E-state index in [2.05, 4.69) is 67.4 Å². The van der Waals surface area contributed by atoms with Crippen LogP contribution in [-0.4, -0.2) is 194 Å². The number of rotatable bonds is 0. The predicted molar refractivity (Wildman–Crippen MR) is 164 cm³/mol. The molecule has 0 aromatic heterocycles. The molecule has 0 amide bonds. The summed E-state index contributed by atoms with van der Waals surface area (Å²) in [6.07, 6.45) is 2.05. The molecule has 0 aliphatic carbocycles. The van der Waals surface area contributed by atoms with E-state index < -0.39 is 8.91 Å². The van der Waals surface area contributed by atoms with Crippen molar-refractivity contribution in [1.29, 1.82) is 0 Å². The van der Waals surface area contributed by atoms with Crippen molar-refractivity contribution in [2.45, 2.75) is 21.8 Å². The molecular formula is C26H52Cl4CuN8. The van der Waals surface area contributed by atoms with Crippen LogP contribution in [0, 0.1) is 0 Å². The summed E-state index contributed by atoms with van der Waals surface area (Å²) in [5.41, 5.74) is 0. The Balaban J connectivity index is 0.000000268. The van der Waals surface area contributed by atoms with Gasteiger partial charge in [0.05, 0.1) is 0 Å². The summed E-state index contributed by atoms with van der Waals surface area (Å²) in [7, 11) is 8.62. The van der Waals surface area contributed by atoms with Crippen LogP contribution < -0.4 is 0 Å². The topological polar surface area (TPSA) is 25.9 Å². The summed E-state index contributed by atoms with van der Waals surface area (Å²) >= 11 is 26.3. The van der Waals surface area contributed by atoms with Crippen LogP contribution in [-0.2, 0) is 17.1 Å². The van der Waals surface area contributed by atoms with E-state index in [1.165, 1.54) is 13.0 Å². The zero-order valence-corrected chi connectivity index (χ0v) is 28.5. The zero-order chi connectivity index (χ0) is 27.8. The molecule has 4 heterocycles. The number of hydrogen-bond donors (Lipinski definition) is 0. The number of hydrogen-bond acceptors (Lipinski definition) is 8. The van der Waals surface area contributed by atoms with E-state index in [1.54, 1.807) is 0 Å². The third kappa shape index (κ3) is 12.9. The van der Waals surface area contributed by atoms with Crippen molar-refractivity contribution in [3.05, 3.63) is 0 Å². The minimum atomic E-state index is -0.768. The third-order valence-electron chi connectivity index (χ3n) is 8.46. The van der Waals surface area contributed by atoms with Gasteiger partial charge in [-0.15, -0.1) is 0 Å². The fourth-order valence-electron chi connectivity index (χ4n) is 5.48. The molecule has 4 unspecified atom stereocenters. The Hall–Kier alpha value is 1.36. The van der Waals surface area contributed by atoms with Crippen molar-refractivity contribution in [2.24, 2.45) is 0 Å². The van der Waals surface area contributed by atoms with Crippen LogP contribution in [0.2, 0.25) is 0 Å². The number of likely N-dealkylation sites (N-methyl/N-ethyl adjacent to an activating group) is 4. The van der Waals surface area contributed by atoms with E-state index in [0.29, 0.717) is 6.54 Å². The minimum absolute atomic E-state index is 0. The molecule has 235 valence electrons. The second-order valence-electron chi connectivity index (χ2n) is 11.7. The van der Waals surface area contributed by atoms with Gasteiger partial charge in [-0.2, -0.15) is 0 Å². The zero-order valence-electron chi connectivity index (χ0n) is 24.5. The first-order valence-corrected chi connectivity index (χ1v) is 15.9. The predicted octanol–water partition coefficient (Wildman–Crippen LogP) is 2.00. The molecule has 4 atom stereocenters. The van der Waals surface area contributed by atoms with Gasteiger partial charge in [-0.25, -0.2) is 0 Å². The Morgan fingerprint density at radius 3 is 1.38 bits per heavy atom. The average Bonchev–Trinajstić information content (AvgIpc) is 2.97. The first-order chi connectivity index (χ1) is 17.9. The molecule has 8 nitrogen and oxygen atoms in total. The number of halogens is 4. The monoisotopic (exact) mass is 679 g/mol. The van der Waals surface area contributed by atoms with Crippen molar-refractivity contribution < 1.29 is 17.1 Å². The Labute approximate surface area is 269 Å². The van der Waals surface area contributed by atoms with Crippen molar-refractivity contribution in [1.82, 2.24) is 39.2 Å². The maximum atomic E-state index is 6.63. The van der Waals surface area contributed by atoms with Crippen LogP contribution in [0.4, 0.5) is 0 Å². The van der Waals surface area contributed by atoms with Gasteiger partial charge in [-0.3, -0.25) is 14.7 Å². The molecular weight excluding hydrogens is 630 g/mol. The van der Waals surface area contributed by atoms with Gasteiger partial charge in [0, 0.05) is 128 Å². The van der Waals surface area contributed by atoms with Crippen LogP contribution in [0.15, 0.2) is 0 Å². The standard InChI is InChI=1S/C14H28Cl2N4.C12H24Cl2N4.Cu/c1-17-5-3-6-19-10-8-18(2)7-4-14(15,16)20(12-9-17)13-11-19;1-15-3-6-17-7-4-16(2)11-12(13,14)18(9-5-15)10-8-17;/h3-13H2,1-2H3;3-11H2,1-2H3;. The maximum absolute atomic E-state index is 6.63. The average molecular weight is 682 g/mol. The van der Waals surface area contributed by atoms with Crippen molar-refractivity contribution in [3.8, 4) is 0 Å².